The molecule has 0 N–H and O–H groups in total. The molecule has 0 bridgehead atoms. The van der Waals surface area contributed by atoms with Gasteiger partial charge in [-0.05, 0) is 62.6 Å². The fraction of sp³-hybridized carbons (Fsp3) is 0.400. The van der Waals surface area contributed by atoms with Crippen molar-refractivity contribution in [1.82, 2.24) is 0 Å². The van der Waals surface area contributed by atoms with Crippen molar-refractivity contribution >= 4 is 60.4 Å². The Morgan fingerprint density at radius 3 is 2.20 bits per heavy atom. The van der Waals surface area contributed by atoms with Gasteiger partial charge < -0.3 is 4.74 Å². The molecule has 0 aliphatic rings. The van der Waals surface area contributed by atoms with Crippen LogP contribution in [0.3, 0.4) is 0 Å². The SMILES string of the molecule is SCCCCOc1c(Br)cc(Br)cc1Br. The Bertz CT molecular complexity index is 307. The van der Waals surface area contributed by atoms with Gasteiger partial charge in [0.25, 0.3) is 0 Å². The lowest BCUT2D eigenvalue weighted by atomic mass is 10.3. The van der Waals surface area contributed by atoms with Crippen LogP contribution in [0.5, 0.6) is 5.75 Å². The van der Waals surface area contributed by atoms with Crippen LogP contribution in [0.25, 0.3) is 0 Å². The lowest BCUT2D eigenvalue weighted by Gasteiger charge is -2.10. The molecule has 0 aromatic heterocycles. The molecule has 0 aliphatic carbocycles. The number of rotatable bonds is 5. The van der Waals surface area contributed by atoms with Crippen molar-refractivity contribution in [3.05, 3.63) is 25.6 Å². The first-order valence-corrected chi connectivity index (χ1v) is 7.54. The van der Waals surface area contributed by atoms with Gasteiger partial charge in [-0.2, -0.15) is 12.6 Å². The second kappa shape index (κ2) is 7.20. The molecular formula is C10H11Br3OS. The zero-order chi connectivity index (χ0) is 11.3. The summed E-state index contributed by atoms with van der Waals surface area (Å²) < 4.78 is 8.60. The zero-order valence-corrected chi connectivity index (χ0v) is 13.6. The minimum atomic E-state index is 0.722. The largest absolute Gasteiger partial charge is 0.491 e. The summed E-state index contributed by atoms with van der Waals surface area (Å²) in [6, 6.07) is 3.94. The van der Waals surface area contributed by atoms with Gasteiger partial charge in [0.15, 0.2) is 0 Å². The normalized spacial score (nSPS) is 10.4. The third-order valence-electron chi connectivity index (χ3n) is 1.76. The van der Waals surface area contributed by atoms with Crippen molar-refractivity contribution in [2.24, 2.45) is 0 Å². The molecule has 1 nitrogen and oxygen atoms in total. The highest BCUT2D eigenvalue weighted by atomic mass is 79.9. The molecule has 0 spiro atoms. The molecule has 1 aromatic carbocycles. The summed E-state index contributed by atoms with van der Waals surface area (Å²) in [4.78, 5) is 0. The van der Waals surface area contributed by atoms with Crippen molar-refractivity contribution in [1.29, 1.82) is 0 Å². The molecule has 0 unspecified atom stereocenters. The van der Waals surface area contributed by atoms with E-state index in [0.717, 1.165) is 44.4 Å². The fourth-order valence-corrected chi connectivity index (χ4v) is 3.77. The molecule has 0 heterocycles. The number of hydrogen-bond acceptors (Lipinski definition) is 2. The molecule has 0 fully saturated rings. The number of benzene rings is 1. The summed E-state index contributed by atoms with van der Waals surface area (Å²) in [6.45, 7) is 0.722. The minimum Gasteiger partial charge on any atom is -0.491 e. The van der Waals surface area contributed by atoms with Crippen LogP contribution in [0.4, 0.5) is 0 Å². The van der Waals surface area contributed by atoms with Crippen LogP contribution >= 0.6 is 60.4 Å². The van der Waals surface area contributed by atoms with E-state index in [1.165, 1.54) is 0 Å². The molecule has 0 radical (unpaired) electrons. The van der Waals surface area contributed by atoms with Crippen LogP contribution in [0.1, 0.15) is 12.8 Å². The van der Waals surface area contributed by atoms with Gasteiger partial charge in [-0.25, -0.2) is 0 Å². The summed E-state index contributed by atoms with van der Waals surface area (Å²) in [5, 5.41) is 0. The van der Waals surface area contributed by atoms with Gasteiger partial charge in [0, 0.05) is 4.47 Å². The van der Waals surface area contributed by atoms with Crippen molar-refractivity contribution < 1.29 is 4.74 Å². The molecule has 0 aliphatic heterocycles. The predicted octanol–water partition coefficient (Wildman–Crippen LogP) is 5.06. The number of unbranched alkanes of at least 4 members (excludes halogenated alkanes) is 1. The first-order valence-electron chi connectivity index (χ1n) is 4.53. The third-order valence-corrected chi connectivity index (χ3v) is 3.71. The summed E-state index contributed by atoms with van der Waals surface area (Å²) >= 11 is 14.5. The van der Waals surface area contributed by atoms with Crippen LogP contribution in [-0.4, -0.2) is 12.4 Å². The molecule has 0 saturated carbocycles. The average Bonchev–Trinajstić information content (AvgIpc) is 2.15. The highest BCUT2D eigenvalue weighted by Crippen LogP contribution is 2.36. The van der Waals surface area contributed by atoms with Gasteiger partial charge >= 0.3 is 0 Å². The molecule has 15 heavy (non-hydrogen) atoms. The Morgan fingerprint density at radius 2 is 1.67 bits per heavy atom. The minimum absolute atomic E-state index is 0.722. The Labute approximate surface area is 121 Å². The second-order valence-corrected chi connectivity index (χ2v) is 6.05. The van der Waals surface area contributed by atoms with Crippen LogP contribution in [0.15, 0.2) is 25.6 Å². The van der Waals surface area contributed by atoms with Crippen molar-refractivity contribution in [2.75, 3.05) is 12.4 Å². The third kappa shape index (κ3) is 4.67. The molecular weight excluding hydrogens is 408 g/mol. The highest BCUT2D eigenvalue weighted by molar-refractivity contribution is 9.11. The second-order valence-electron chi connectivity index (χ2n) is 2.98. The maximum atomic E-state index is 5.68. The lowest BCUT2D eigenvalue weighted by Crippen LogP contribution is -1.99. The first kappa shape index (κ1) is 13.9. The number of hydrogen-bond donors (Lipinski definition) is 1. The van der Waals surface area contributed by atoms with E-state index in [9.17, 15) is 0 Å². The van der Waals surface area contributed by atoms with Crippen LogP contribution in [0.2, 0.25) is 0 Å². The Kier molecular flexibility index (Phi) is 6.66. The standard InChI is InChI=1S/C10H11Br3OS/c11-7-5-8(12)10(9(13)6-7)14-3-1-2-4-15/h5-6,15H,1-4H2. The molecule has 1 rings (SSSR count). The smallest absolute Gasteiger partial charge is 0.147 e. The quantitative estimate of drug-likeness (QED) is 0.519. The van der Waals surface area contributed by atoms with Crippen molar-refractivity contribution in [3.63, 3.8) is 0 Å². The zero-order valence-electron chi connectivity index (χ0n) is 7.97. The molecule has 1 aromatic rings. The van der Waals surface area contributed by atoms with E-state index in [1.807, 2.05) is 12.1 Å². The van der Waals surface area contributed by atoms with Gasteiger partial charge in [0.1, 0.15) is 5.75 Å². The van der Waals surface area contributed by atoms with Crippen LogP contribution < -0.4 is 4.74 Å². The van der Waals surface area contributed by atoms with E-state index in [-0.39, 0.29) is 0 Å². The van der Waals surface area contributed by atoms with E-state index in [4.69, 9.17) is 4.74 Å². The molecule has 0 saturated heterocycles. The van der Waals surface area contributed by atoms with Gasteiger partial charge in [-0.15, -0.1) is 0 Å². The van der Waals surface area contributed by atoms with Crippen molar-refractivity contribution in [2.45, 2.75) is 12.8 Å². The van der Waals surface area contributed by atoms with Gasteiger partial charge in [0.2, 0.25) is 0 Å². The fourth-order valence-electron chi connectivity index (χ4n) is 1.05. The monoisotopic (exact) mass is 416 g/mol. The van der Waals surface area contributed by atoms with Crippen LogP contribution in [0, 0.1) is 0 Å². The predicted molar refractivity (Wildman–Crippen MR) is 78.1 cm³/mol. The Balaban J connectivity index is 2.60. The number of halogens is 3. The van der Waals surface area contributed by atoms with Gasteiger partial charge in [0.05, 0.1) is 15.6 Å². The Morgan fingerprint density at radius 1 is 1.07 bits per heavy atom. The maximum Gasteiger partial charge on any atom is 0.147 e. The highest BCUT2D eigenvalue weighted by Gasteiger charge is 2.07. The van der Waals surface area contributed by atoms with E-state index < -0.39 is 0 Å². The summed E-state index contributed by atoms with van der Waals surface area (Å²) in [6.07, 6.45) is 2.10. The maximum absolute atomic E-state index is 5.68. The van der Waals surface area contributed by atoms with E-state index in [0.29, 0.717) is 0 Å². The van der Waals surface area contributed by atoms with E-state index in [2.05, 4.69) is 60.4 Å². The van der Waals surface area contributed by atoms with E-state index in [1.54, 1.807) is 0 Å². The Hall–Kier alpha value is 0.810. The van der Waals surface area contributed by atoms with Gasteiger partial charge in [-0.1, -0.05) is 15.9 Å². The van der Waals surface area contributed by atoms with Crippen LogP contribution in [-0.2, 0) is 0 Å². The summed E-state index contributed by atoms with van der Waals surface area (Å²) in [5.41, 5.74) is 0. The first-order chi connectivity index (χ1) is 7.15. The molecule has 0 atom stereocenters. The lowest BCUT2D eigenvalue weighted by molar-refractivity contribution is 0.306. The number of thiol groups is 1. The average molecular weight is 419 g/mol. The topological polar surface area (TPSA) is 9.23 Å². The molecule has 84 valence electrons. The van der Waals surface area contributed by atoms with Crippen molar-refractivity contribution in [3.8, 4) is 5.75 Å². The van der Waals surface area contributed by atoms with Gasteiger partial charge in [-0.3, -0.25) is 0 Å². The number of ether oxygens (including phenoxy) is 1. The van der Waals surface area contributed by atoms with E-state index >= 15 is 0 Å². The molecule has 5 heteroatoms. The summed E-state index contributed by atoms with van der Waals surface area (Å²) in [5.74, 6) is 1.77. The summed E-state index contributed by atoms with van der Waals surface area (Å²) in [7, 11) is 0. The molecule has 0 amide bonds.